The van der Waals surface area contributed by atoms with Crippen LogP contribution in [0.5, 0.6) is 5.75 Å². The minimum Gasteiger partial charge on any atom is -0.771 e. The lowest BCUT2D eigenvalue weighted by molar-refractivity contribution is -0.0498. The van der Waals surface area contributed by atoms with Gasteiger partial charge >= 0.3 is 6.61 Å². The summed E-state index contributed by atoms with van der Waals surface area (Å²) >= 11 is -1.33. The van der Waals surface area contributed by atoms with E-state index < -0.39 is 29.5 Å². The lowest BCUT2D eigenvalue weighted by atomic mass is 10.1. The van der Waals surface area contributed by atoms with E-state index in [1.165, 1.54) is 17.6 Å². The van der Waals surface area contributed by atoms with E-state index in [9.17, 15) is 22.3 Å². The first kappa shape index (κ1) is 23.3. The van der Waals surface area contributed by atoms with Crippen LogP contribution in [0.2, 0.25) is 0 Å². The summed E-state index contributed by atoms with van der Waals surface area (Å²) < 4.78 is 51.2. The first-order valence-electron chi connectivity index (χ1n) is 8.96. The molecule has 1 amide bonds. The Morgan fingerprint density at radius 1 is 1.31 bits per heavy atom. The van der Waals surface area contributed by atoms with Crippen molar-refractivity contribution in [1.29, 1.82) is 5.26 Å². The number of carbonyl (C=O) groups is 1. The number of aromatic nitrogens is 1. The predicted octanol–water partition coefficient (Wildman–Crippen LogP) is 3.52. The van der Waals surface area contributed by atoms with E-state index in [4.69, 9.17) is 5.26 Å². The van der Waals surface area contributed by atoms with E-state index >= 15 is 0 Å². The van der Waals surface area contributed by atoms with Gasteiger partial charge in [0.2, 0.25) is 0 Å². The van der Waals surface area contributed by atoms with Gasteiger partial charge < -0.3 is 19.5 Å². The minimum absolute atomic E-state index is 0.00444. The molecule has 0 aliphatic rings. The zero-order valence-electron chi connectivity index (χ0n) is 16.2. The van der Waals surface area contributed by atoms with Crippen LogP contribution in [0.15, 0.2) is 54.0 Å². The van der Waals surface area contributed by atoms with Crippen molar-refractivity contribution in [1.82, 2.24) is 10.3 Å². The third kappa shape index (κ3) is 6.07. The van der Waals surface area contributed by atoms with Gasteiger partial charge in [0.25, 0.3) is 5.91 Å². The molecule has 32 heavy (non-hydrogen) atoms. The lowest BCUT2D eigenvalue weighted by Gasteiger charge is -2.24. The van der Waals surface area contributed by atoms with Crippen LogP contribution in [-0.2, 0) is 17.6 Å². The molecule has 166 valence electrons. The lowest BCUT2D eigenvalue weighted by Crippen LogP contribution is -2.29. The molecule has 1 N–H and O–H groups in total. The Morgan fingerprint density at radius 2 is 2.06 bits per heavy atom. The average molecular weight is 477 g/mol. The van der Waals surface area contributed by atoms with E-state index in [-0.39, 0.29) is 18.0 Å². The molecule has 0 bridgehead atoms. The highest BCUT2D eigenvalue weighted by Gasteiger charge is 2.22. The SMILES string of the molecule is N#Cc1ccc(N(Cc2cccc(OC(F)F)c2)c2scnc2C(=O)NCS(=O)[O-])cc1. The fourth-order valence-corrected chi connectivity index (χ4v) is 3.86. The summed E-state index contributed by atoms with van der Waals surface area (Å²) in [7, 11) is 0. The number of anilines is 2. The average Bonchev–Trinajstić information content (AvgIpc) is 3.25. The third-order valence-corrected chi connectivity index (χ3v) is 5.36. The van der Waals surface area contributed by atoms with E-state index in [0.29, 0.717) is 21.8 Å². The van der Waals surface area contributed by atoms with Gasteiger partial charge in [-0.25, -0.2) is 4.98 Å². The number of hydrogen-bond acceptors (Lipinski definition) is 8. The Labute approximate surface area is 188 Å². The first-order valence-corrected chi connectivity index (χ1v) is 11.1. The second kappa shape index (κ2) is 10.8. The van der Waals surface area contributed by atoms with Crippen LogP contribution in [0.1, 0.15) is 21.6 Å². The number of nitrogens with zero attached hydrogens (tertiary/aromatic N) is 3. The maximum absolute atomic E-state index is 12.6. The molecule has 0 aliphatic heterocycles. The topological polar surface area (TPSA) is 118 Å². The molecule has 0 saturated carbocycles. The van der Waals surface area contributed by atoms with Crippen molar-refractivity contribution in [2.24, 2.45) is 0 Å². The highest BCUT2D eigenvalue weighted by atomic mass is 32.2. The maximum Gasteiger partial charge on any atom is 0.387 e. The number of nitrogens with one attached hydrogen (secondary N) is 1. The second-order valence-electron chi connectivity index (χ2n) is 6.23. The number of benzene rings is 2. The number of carbonyl (C=O) groups excluding carboxylic acids is 1. The molecular formula is C20H15F2N4O4S2-. The van der Waals surface area contributed by atoms with E-state index in [1.807, 2.05) is 6.07 Å². The van der Waals surface area contributed by atoms with Gasteiger partial charge in [-0.3, -0.25) is 9.00 Å². The van der Waals surface area contributed by atoms with Crippen LogP contribution in [0.4, 0.5) is 19.5 Å². The van der Waals surface area contributed by atoms with Gasteiger partial charge in [0, 0.05) is 12.2 Å². The van der Waals surface area contributed by atoms with Crippen LogP contribution in [-0.4, -0.2) is 32.1 Å². The van der Waals surface area contributed by atoms with Crippen molar-refractivity contribution < 1.29 is 27.1 Å². The van der Waals surface area contributed by atoms with Gasteiger partial charge in [0.05, 0.1) is 23.0 Å². The van der Waals surface area contributed by atoms with Crippen molar-refractivity contribution in [3.63, 3.8) is 0 Å². The summed E-state index contributed by atoms with van der Waals surface area (Å²) in [5.74, 6) is -1.27. The number of rotatable bonds is 9. The standard InChI is InChI=1S/C20H16F2N4O4S2/c21-20(22)30-16-3-1-2-14(8-16)10-26(15-6-4-13(9-23)5-7-15)19-17(24-11-31-19)18(27)25-12-32(28)29/h1-8,11,20H,10,12H2,(H,25,27)(H,28,29)/p-1. The minimum atomic E-state index is -2.97. The number of thiazole rings is 1. The van der Waals surface area contributed by atoms with E-state index in [1.54, 1.807) is 41.3 Å². The van der Waals surface area contributed by atoms with Gasteiger partial charge in [0.15, 0.2) is 5.69 Å². The molecule has 3 rings (SSSR count). The van der Waals surface area contributed by atoms with Crippen molar-refractivity contribution in [2.45, 2.75) is 13.2 Å². The summed E-state index contributed by atoms with van der Waals surface area (Å²) in [5, 5.41) is 11.7. The molecule has 0 aliphatic carbocycles. The van der Waals surface area contributed by atoms with Gasteiger partial charge in [-0.2, -0.15) is 14.0 Å². The van der Waals surface area contributed by atoms with Gasteiger partial charge in [-0.05, 0) is 53.0 Å². The normalized spacial score (nSPS) is 11.6. The largest absolute Gasteiger partial charge is 0.771 e. The number of ether oxygens (including phenoxy) is 1. The molecule has 0 fully saturated rings. The summed E-state index contributed by atoms with van der Waals surface area (Å²) in [6, 6.07) is 14.7. The fourth-order valence-electron chi connectivity index (χ4n) is 2.79. The van der Waals surface area contributed by atoms with Crippen molar-refractivity contribution in [3.05, 3.63) is 70.9 Å². The first-order chi connectivity index (χ1) is 15.4. The van der Waals surface area contributed by atoms with Gasteiger partial charge in [-0.15, -0.1) is 11.3 Å². The Bertz CT molecular complexity index is 1150. The summed E-state index contributed by atoms with van der Waals surface area (Å²) in [6.45, 7) is -2.81. The highest BCUT2D eigenvalue weighted by Crippen LogP contribution is 2.34. The molecular weight excluding hydrogens is 462 g/mol. The highest BCUT2D eigenvalue weighted by molar-refractivity contribution is 7.79. The Kier molecular flexibility index (Phi) is 7.82. The van der Waals surface area contributed by atoms with Crippen molar-refractivity contribution in [3.8, 4) is 11.8 Å². The van der Waals surface area contributed by atoms with Gasteiger partial charge in [-0.1, -0.05) is 12.1 Å². The van der Waals surface area contributed by atoms with Crippen LogP contribution in [0.25, 0.3) is 0 Å². The van der Waals surface area contributed by atoms with Crippen LogP contribution >= 0.6 is 11.3 Å². The van der Waals surface area contributed by atoms with E-state index in [2.05, 4.69) is 15.0 Å². The van der Waals surface area contributed by atoms with Crippen LogP contribution in [0.3, 0.4) is 0 Å². The number of amides is 1. The molecule has 3 aromatic rings. The molecule has 0 radical (unpaired) electrons. The summed E-state index contributed by atoms with van der Waals surface area (Å²) in [5.41, 5.74) is 3.08. The summed E-state index contributed by atoms with van der Waals surface area (Å²) in [4.78, 5) is 18.3. The zero-order chi connectivity index (χ0) is 23.1. The van der Waals surface area contributed by atoms with Crippen molar-refractivity contribution in [2.75, 3.05) is 10.8 Å². The second-order valence-corrected chi connectivity index (χ2v) is 7.96. The molecule has 8 nitrogen and oxygen atoms in total. The van der Waals surface area contributed by atoms with E-state index in [0.717, 1.165) is 11.3 Å². The molecule has 0 spiro atoms. The monoisotopic (exact) mass is 477 g/mol. The third-order valence-electron chi connectivity index (χ3n) is 4.13. The smallest absolute Gasteiger partial charge is 0.387 e. The van der Waals surface area contributed by atoms with Crippen molar-refractivity contribution >= 4 is 39.0 Å². The Balaban J connectivity index is 1.98. The molecule has 2 aromatic carbocycles. The molecule has 1 heterocycles. The van der Waals surface area contributed by atoms with Gasteiger partial charge in [0.1, 0.15) is 10.8 Å². The summed E-state index contributed by atoms with van der Waals surface area (Å²) in [6.07, 6.45) is 0. The number of halogens is 2. The molecule has 0 saturated heterocycles. The molecule has 1 aromatic heterocycles. The number of alkyl halides is 2. The predicted molar refractivity (Wildman–Crippen MR) is 113 cm³/mol. The van der Waals surface area contributed by atoms with Crippen LogP contribution < -0.4 is 15.0 Å². The molecule has 12 heteroatoms. The maximum atomic E-state index is 12.6. The fraction of sp³-hybridized carbons (Fsp3) is 0.150. The number of nitriles is 1. The number of hydrogen-bond donors (Lipinski definition) is 1. The van der Waals surface area contributed by atoms with Crippen LogP contribution in [0, 0.1) is 11.3 Å². The Hall–Kier alpha value is -3.40. The quantitative estimate of drug-likeness (QED) is 0.469. The zero-order valence-corrected chi connectivity index (χ0v) is 17.9. The molecule has 1 atom stereocenters. The molecule has 1 unspecified atom stereocenters. The Morgan fingerprint density at radius 3 is 2.72 bits per heavy atom.